The molecule has 0 radical (unpaired) electrons. The van der Waals surface area contributed by atoms with E-state index in [0.717, 1.165) is 0 Å². The lowest BCUT2D eigenvalue weighted by atomic mass is 9.99. The van der Waals surface area contributed by atoms with Crippen molar-refractivity contribution in [2.45, 2.75) is 154 Å². The van der Waals surface area contributed by atoms with Gasteiger partial charge >= 0.3 is 36.4 Å². The maximum absolute atomic E-state index is 16.3. The summed E-state index contributed by atoms with van der Waals surface area (Å²) >= 11 is 0. The molecule has 4 rings (SSSR count). The third-order valence-electron chi connectivity index (χ3n) is 13.0. The number of imide groups is 4. The number of carboxylic acid groups (broad SMARTS) is 1. The summed E-state index contributed by atoms with van der Waals surface area (Å²) in [6.07, 6.45) is -8.04. The van der Waals surface area contributed by atoms with E-state index in [1.54, 1.807) is 121 Å². The summed E-state index contributed by atoms with van der Waals surface area (Å²) in [5.41, 5.74) is 24.2. The predicted octanol–water partition coefficient (Wildman–Crippen LogP) is 8.13. The number of nitrogens with zero attached hydrogens (tertiary/aromatic N) is 4. The van der Waals surface area contributed by atoms with Crippen molar-refractivity contribution in [1.29, 1.82) is 0 Å². The lowest BCUT2D eigenvalue weighted by Gasteiger charge is -2.39. The van der Waals surface area contributed by atoms with Crippen LogP contribution in [0.1, 0.15) is 120 Å². The lowest BCUT2D eigenvalue weighted by molar-refractivity contribution is -0.155. The molecular formula is C61H82N8O15. The number of carboxylic acids is 1. The highest BCUT2D eigenvalue weighted by Crippen LogP contribution is 2.28. The lowest BCUT2D eigenvalue weighted by Crippen LogP contribution is -2.64. The first-order valence-corrected chi connectivity index (χ1v) is 28.2. The minimum atomic E-state index is -2.18. The fourth-order valence-electron chi connectivity index (χ4n) is 8.77. The summed E-state index contributed by atoms with van der Waals surface area (Å²) in [4.78, 5) is 137. The van der Waals surface area contributed by atoms with Gasteiger partial charge in [0.25, 0.3) is 17.7 Å². The second-order valence-corrected chi connectivity index (χ2v) is 20.7. The summed E-state index contributed by atoms with van der Waals surface area (Å²) in [5.74, 6) is -5.89. The molecule has 0 aliphatic heterocycles. The first kappa shape index (κ1) is 68.3. The number of unbranched alkanes of at least 4 members (excludes halogenated alkanes) is 4. The third-order valence-corrected chi connectivity index (χ3v) is 13.0. The topological polar surface area (TPSA) is 337 Å². The van der Waals surface area contributed by atoms with Crippen LogP contribution in [0, 0.1) is 0 Å². The highest BCUT2D eigenvalue weighted by atomic mass is 16.6. The van der Waals surface area contributed by atoms with E-state index in [2.05, 4.69) is 0 Å². The van der Waals surface area contributed by atoms with Gasteiger partial charge < -0.3 is 51.7 Å². The second kappa shape index (κ2) is 36.4. The zero-order chi connectivity index (χ0) is 61.4. The number of benzene rings is 4. The van der Waals surface area contributed by atoms with Crippen LogP contribution in [0.5, 0.6) is 0 Å². The number of ether oxygens (including phenoxy) is 5. The molecule has 0 aliphatic rings. The fraction of sp³-hybridized carbons (Fsp3) is 0.459. The minimum Gasteiger partial charge on any atom is -0.480 e. The van der Waals surface area contributed by atoms with E-state index in [0.29, 0.717) is 41.9 Å². The van der Waals surface area contributed by atoms with Crippen LogP contribution in [0.4, 0.5) is 24.0 Å². The van der Waals surface area contributed by atoms with Gasteiger partial charge in [-0.25, -0.2) is 43.5 Å². The van der Waals surface area contributed by atoms with Gasteiger partial charge in [0.05, 0.1) is 0 Å². The minimum absolute atomic E-state index is 0.0263. The molecular weight excluding hydrogens is 1080 g/mol. The summed E-state index contributed by atoms with van der Waals surface area (Å²) < 4.78 is 28.7. The van der Waals surface area contributed by atoms with Gasteiger partial charge in [-0.3, -0.25) is 14.4 Å². The van der Waals surface area contributed by atoms with Crippen molar-refractivity contribution < 1.29 is 71.9 Å². The van der Waals surface area contributed by atoms with E-state index in [1.165, 1.54) is 20.8 Å². The quantitative estimate of drug-likeness (QED) is 0.0227. The molecule has 0 saturated carbocycles. The molecule has 0 saturated heterocycles. The zero-order valence-corrected chi connectivity index (χ0v) is 48.3. The molecule has 0 aromatic heterocycles. The van der Waals surface area contributed by atoms with Crippen LogP contribution in [-0.4, -0.2) is 135 Å². The van der Waals surface area contributed by atoms with Gasteiger partial charge in [0.15, 0.2) is 0 Å². The number of hydrogen-bond acceptors (Lipinski definition) is 18. The molecule has 456 valence electrons. The van der Waals surface area contributed by atoms with Gasteiger partial charge in [-0.05, 0) is 146 Å². The van der Waals surface area contributed by atoms with Crippen LogP contribution >= 0.6 is 0 Å². The normalized spacial score (nSPS) is 12.5. The summed E-state index contributed by atoms with van der Waals surface area (Å²) in [5, 5.41) is 10.8. The van der Waals surface area contributed by atoms with Crippen LogP contribution in [0.15, 0.2) is 121 Å². The molecule has 0 fully saturated rings. The molecule has 9 N–H and O–H groups in total. The van der Waals surface area contributed by atoms with E-state index in [1.807, 2.05) is 0 Å². The molecule has 0 unspecified atom stereocenters. The van der Waals surface area contributed by atoms with E-state index in [-0.39, 0.29) is 84.0 Å². The number of rotatable bonds is 32. The van der Waals surface area contributed by atoms with Crippen molar-refractivity contribution in [3.05, 3.63) is 144 Å². The van der Waals surface area contributed by atoms with E-state index in [4.69, 9.17) is 46.6 Å². The first-order valence-electron chi connectivity index (χ1n) is 28.2. The Morgan fingerprint density at radius 2 is 0.607 bits per heavy atom. The van der Waals surface area contributed by atoms with Crippen molar-refractivity contribution in [2.75, 3.05) is 26.2 Å². The van der Waals surface area contributed by atoms with Gasteiger partial charge in [0.1, 0.15) is 56.2 Å². The van der Waals surface area contributed by atoms with Crippen LogP contribution in [0.25, 0.3) is 0 Å². The Hall–Kier alpha value is -8.25. The van der Waals surface area contributed by atoms with Crippen molar-refractivity contribution in [3.8, 4) is 0 Å². The zero-order valence-electron chi connectivity index (χ0n) is 48.3. The number of aliphatic carboxylic acids is 1. The molecule has 0 heterocycles. The van der Waals surface area contributed by atoms with Crippen LogP contribution in [-0.2, 0) is 69.3 Å². The van der Waals surface area contributed by atoms with Crippen molar-refractivity contribution >= 4 is 54.2 Å². The number of carbonyl (C=O) groups excluding carboxylic acids is 8. The van der Waals surface area contributed by atoms with Gasteiger partial charge in [-0.1, -0.05) is 121 Å². The summed E-state index contributed by atoms with van der Waals surface area (Å²) in [6.45, 7) is 3.00. The maximum atomic E-state index is 16.3. The molecule has 8 amide bonds. The maximum Gasteiger partial charge on any atom is 0.420 e. The second-order valence-electron chi connectivity index (χ2n) is 20.7. The van der Waals surface area contributed by atoms with Gasteiger partial charge in [0, 0.05) is 0 Å². The monoisotopic (exact) mass is 1170 g/mol. The average molecular weight is 1170 g/mol. The van der Waals surface area contributed by atoms with Crippen molar-refractivity contribution in [1.82, 2.24) is 19.6 Å². The molecule has 0 bridgehead atoms. The molecule has 23 nitrogen and oxygen atoms in total. The Morgan fingerprint density at radius 3 is 0.857 bits per heavy atom. The molecule has 4 atom stereocenters. The van der Waals surface area contributed by atoms with Crippen LogP contribution in [0.2, 0.25) is 0 Å². The van der Waals surface area contributed by atoms with E-state index < -0.39 is 130 Å². The Bertz CT molecular complexity index is 2700. The highest BCUT2D eigenvalue weighted by Gasteiger charge is 2.51. The van der Waals surface area contributed by atoms with Crippen LogP contribution < -0.4 is 22.9 Å². The third kappa shape index (κ3) is 22.1. The molecule has 84 heavy (non-hydrogen) atoms. The standard InChI is InChI=1S/C61H82N8O15/c1-61(2,3)84-60(79)69(59(78)83-43-47-30-14-7-15-31-47)50(34-18-22-38-64)54(72)67(57(76)81-41-45-26-10-5-11-27-45)48(32-16-20-36-62)52(70)66(56(75)80-40-44-24-8-4-9-25-44)49(33-17-21-37-63)53(71)68(51(55(73)74)35-19-23-39-65)58(77)82-42-46-28-12-6-13-29-46/h4-15,24-31,48-51H,16-23,32-43,62-65H2,1-3H3,(H,73,74)/t48-,49-,50-,51-/m0/s1. The van der Waals surface area contributed by atoms with Crippen molar-refractivity contribution in [2.24, 2.45) is 22.9 Å². The Morgan fingerprint density at radius 1 is 0.369 bits per heavy atom. The van der Waals surface area contributed by atoms with Gasteiger partial charge in [0.2, 0.25) is 0 Å². The number of amides is 8. The summed E-state index contributed by atoms with van der Waals surface area (Å²) in [6, 6.07) is 24.9. The van der Waals surface area contributed by atoms with Crippen LogP contribution in [0.3, 0.4) is 0 Å². The fourth-order valence-corrected chi connectivity index (χ4v) is 8.77. The number of hydrogen-bond donors (Lipinski definition) is 5. The molecule has 0 aliphatic carbocycles. The smallest absolute Gasteiger partial charge is 0.420 e. The Kier molecular flexibility index (Phi) is 29.5. The van der Waals surface area contributed by atoms with Gasteiger partial charge in [-0.2, -0.15) is 4.90 Å². The Labute approximate surface area is 490 Å². The summed E-state index contributed by atoms with van der Waals surface area (Å²) in [7, 11) is 0. The first-order chi connectivity index (χ1) is 40.4. The number of carbonyl (C=O) groups is 9. The highest BCUT2D eigenvalue weighted by molar-refractivity contribution is 6.08. The van der Waals surface area contributed by atoms with E-state index in [9.17, 15) is 24.3 Å². The van der Waals surface area contributed by atoms with E-state index >= 15 is 24.0 Å². The Balaban J connectivity index is 2.08. The number of nitrogens with two attached hydrogens (primary N) is 4. The average Bonchev–Trinajstić information content (AvgIpc) is 3.57. The SMILES string of the molecule is CC(C)(C)OC(=O)N(C(=O)OCc1ccccc1)[C@@H](CCCCN)C(=O)N(C(=O)OCc1ccccc1)[C@@H](CCCCN)C(=O)N(C(=O)OCc1ccccc1)[C@@H](CCCCN)C(=O)N(C(=O)OCc1ccccc1)[C@@H](CCCCN)C(=O)O. The molecule has 4 aromatic rings. The van der Waals surface area contributed by atoms with Crippen molar-refractivity contribution in [3.63, 3.8) is 0 Å². The largest absolute Gasteiger partial charge is 0.480 e. The molecule has 4 aromatic carbocycles. The van der Waals surface area contributed by atoms with Gasteiger partial charge in [-0.15, -0.1) is 0 Å². The predicted molar refractivity (Wildman–Crippen MR) is 310 cm³/mol. The molecule has 0 spiro atoms. The molecule has 23 heteroatoms.